The molecule has 2 aliphatic rings. The van der Waals surface area contributed by atoms with Gasteiger partial charge in [-0.1, -0.05) is 43.3 Å². The molecular formula is C20H18N4O4S2. The molecule has 0 amide bonds. The van der Waals surface area contributed by atoms with Crippen molar-refractivity contribution >= 4 is 25.4 Å². The molecule has 1 aliphatic carbocycles. The number of fused-ring (bicyclic) bond motifs is 3. The van der Waals surface area contributed by atoms with Crippen molar-refractivity contribution < 1.29 is 16.8 Å². The van der Waals surface area contributed by atoms with Crippen LogP contribution >= 0.6 is 0 Å². The fourth-order valence-corrected chi connectivity index (χ4v) is 8.22. The molecule has 1 saturated carbocycles. The standard InChI is InChI=1S/C20H18N4O4S2/c1-20-16(12-29(25,26)14-8-4-2-5-9-14)23-24-13-21-22-19(24)17(20)18(20)30(27,28)15-10-6-3-7-11-15/h2-11,13,17-18H,12H2,1H3. The van der Waals surface area contributed by atoms with Crippen LogP contribution in [0.15, 0.2) is 81.9 Å². The van der Waals surface area contributed by atoms with Gasteiger partial charge in [0.15, 0.2) is 25.5 Å². The Morgan fingerprint density at radius 2 is 1.53 bits per heavy atom. The summed E-state index contributed by atoms with van der Waals surface area (Å²) < 4.78 is 54.3. The van der Waals surface area contributed by atoms with Crippen LogP contribution in [-0.4, -0.2) is 48.4 Å². The summed E-state index contributed by atoms with van der Waals surface area (Å²) in [4.78, 5) is 0.368. The van der Waals surface area contributed by atoms with Crippen molar-refractivity contribution in [2.24, 2.45) is 10.5 Å². The molecule has 154 valence electrons. The van der Waals surface area contributed by atoms with E-state index >= 15 is 0 Å². The van der Waals surface area contributed by atoms with Crippen molar-refractivity contribution in [3.05, 3.63) is 72.8 Å². The highest BCUT2D eigenvalue weighted by Gasteiger charge is 2.74. The maximum atomic E-state index is 13.4. The van der Waals surface area contributed by atoms with Crippen molar-refractivity contribution in [2.75, 3.05) is 5.75 Å². The van der Waals surface area contributed by atoms with Crippen LogP contribution in [0.4, 0.5) is 0 Å². The van der Waals surface area contributed by atoms with Crippen LogP contribution in [0.25, 0.3) is 0 Å². The number of nitrogens with zero attached hydrogens (tertiary/aromatic N) is 4. The molecule has 3 unspecified atom stereocenters. The Morgan fingerprint density at radius 3 is 2.17 bits per heavy atom. The Kier molecular flexibility index (Phi) is 4.03. The van der Waals surface area contributed by atoms with Crippen molar-refractivity contribution in [3.63, 3.8) is 0 Å². The van der Waals surface area contributed by atoms with Crippen LogP contribution < -0.4 is 0 Å². The number of hydrogen-bond donors (Lipinski definition) is 0. The average Bonchev–Trinajstić information content (AvgIpc) is 3.15. The van der Waals surface area contributed by atoms with E-state index in [1.165, 1.54) is 23.1 Å². The quantitative estimate of drug-likeness (QED) is 0.597. The lowest BCUT2D eigenvalue weighted by atomic mass is 9.99. The van der Waals surface area contributed by atoms with Crippen molar-refractivity contribution in [3.8, 4) is 0 Å². The predicted octanol–water partition coefficient (Wildman–Crippen LogP) is 1.92. The summed E-state index contributed by atoms with van der Waals surface area (Å²) in [6.45, 7) is 1.75. The van der Waals surface area contributed by atoms with E-state index in [9.17, 15) is 16.8 Å². The Morgan fingerprint density at radius 1 is 0.933 bits per heavy atom. The molecule has 2 heterocycles. The molecule has 30 heavy (non-hydrogen) atoms. The van der Waals surface area contributed by atoms with Crippen LogP contribution in [-0.2, 0) is 19.7 Å². The van der Waals surface area contributed by atoms with Gasteiger partial charge < -0.3 is 0 Å². The van der Waals surface area contributed by atoms with Gasteiger partial charge in [0.05, 0.1) is 32.4 Å². The van der Waals surface area contributed by atoms with E-state index < -0.39 is 36.3 Å². The maximum absolute atomic E-state index is 13.4. The second-order valence-electron chi connectivity index (χ2n) is 7.69. The van der Waals surface area contributed by atoms with Crippen LogP contribution in [0.5, 0.6) is 0 Å². The highest BCUT2D eigenvalue weighted by molar-refractivity contribution is 7.93. The lowest BCUT2D eigenvalue weighted by Gasteiger charge is -2.19. The maximum Gasteiger partial charge on any atom is 0.183 e. The summed E-state index contributed by atoms with van der Waals surface area (Å²) in [6.07, 6.45) is 1.37. The third-order valence-corrected chi connectivity index (χ3v) is 9.95. The molecule has 0 bridgehead atoms. The molecule has 5 rings (SSSR count). The zero-order valence-electron chi connectivity index (χ0n) is 16.0. The monoisotopic (exact) mass is 442 g/mol. The van der Waals surface area contributed by atoms with Gasteiger partial charge in [-0.15, -0.1) is 10.2 Å². The molecule has 1 aromatic heterocycles. The topological polar surface area (TPSA) is 111 Å². The molecule has 0 spiro atoms. The van der Waals surface area contributed by atoms with Crippen LogP contribution in [0, 0.1) is 5.41 Å². The van der Waals surface area contributed by atoms with Gasteiger partial charge in [0.1, 0.15) is 6.33 Å². The molecule has 0 saturated heterocycles. The van der Waals surface area contributed by atoms with E-state index in [1.807, 2.05) is 0 Å². The third kappa shape index (κ3) is 2.67. The smallest absolute Gasteiger partial charge is 0.183 e. The summed E-state index contributed by atoms with van der Waals surface area (Å²) >= 11 is 0. The number of hydrogen-bond acceptors (Lipinski definition) is 7. The van der Waals surface area contributed by atoms with Gasteiger partial charge in [0, 0.05) is 5.41 Å². The van der Waals surface area contributed by atoms with E-state index in [-0.39, 0.29) is 15.5 Å². The minimum atomic E-state index is -3.74. The van der Waals surface area contributed by atoms with E-state index in [1.54, 1.807) is 55.5 Å². The first-order chi connectivity index (χ1) is 14.3. The Balaban J connectivity index is 1.60. The lowest BCUT2D eigenvalue weighted by molar-refractivity contribution is 0.586. The number of benzene rings is 2. The first-order valence-electron chi connectivity index (χ1n) is 9.31. The fourth-order valence-electron chi connectivity index (χ4n) is 4.31. The van der Waals surface area contributed by atoms with Crippen molar-refractivity contribution in [1.29, 1.82) is 0 Å². The number of sulfone groups is 2. The first kappa shape index (κ1) is 19.1. The summed E-state index contributed by atoms with van der Waals surface area (Å²) in [6, 6.07) is 16.3. The predicted molar refractivity (Wildman–Crippen MR) is 110 cm³/mol. The zero-order valence-corrected chi connectivity index (χ0v) is 17.6. The fraction of sp³-hybridized carbons (Fsp3) is 0.250. The van der Waals surface area contributed by atoms with E-state index in [2.05, 4.69) is 15.3 Å². The molecule has 1 aliphatic heterocycles. The Bertz CT molecular complexity index is 1370. The second kappa shape index (κ2) is 6.32. The molecule has 3 atom stereocenters. The normalized spacial score (nSPS) is 25.2. The summed E-state index contributed by atoms with van der Waals surface area (Å²) in [5.41, 5.74) is -0.673. The minimum absolute atomic E-state index is 0.172. The molecular weight excluding hydrogens is 424 g/mol. The van der Waals surface area contributed by atoms with Gasteiger partial charge in [-0.05, 0) is 24.3 Å². The Labute approximate surface area is 174 Å². The highest BCUT2D eigenvalue weighted by Crippen LogP contribution is 2.65. The number of rotatable bonds is 5. The molecule has 0 radical (unpaired) electrons. The minimum Gasteiger partial charge on any atom is -0.223 e. The molecule has 8 nitrogen and oxygen atoms in total. The molecule has 2 aromatic carbocycles. The van der Waals surface area contributed by atoms with E-state index in [0.717, 1.165) is 0 Å². The Hall–Kier alpha value is -2.85. The van der Waals surface area contributed by atoms with Gasteiger partial charge in [-0.2, -0.15) is 5.10 Å². The van der Waals surface area contributed by atoms with E-state index in [0.29, 0.717) is 11.5 Å². The largest absolute Gasteiger partial charge is 0.223 e. The van der Waals surface area contributed by atoms with Gasteiger partial charge in [0.2, 0.25) is 0 Å². The summed E-state index contributed by atoms with van der Waals surface area (Å²) in [5.74, 6) is -0.450. The zero-order chi connectivity index (χ0) is 21.1. The van der Waals surface area contributed by atoms with Crippen LogP contribution in [0.2, 0.25) is 0 Å². The molecule has 10 heteroatoms. The van der Waals surface area contributed by atoms with Crippen molar-refractivity contribution in [1.82, 2.24) is 14.9 Å². The lowest BCUT2D eigenvalue weighted by Crippen LogP contribution is -2.31. The summed E-state index contributed by atoms with van der Waals surface area (Å²) in [7, 11) is -7.44. The van der Waals surface area contributed by atoms with Gasteiger partial charge in [-0.3, -0.25) is 0 Å². The van der Waals surface area contributed by atoms with Gasteiger partial charge >= 0.3 is 0 Å². The molecule has 3 aromatic rings. The van der Waals surface area contributed by atoms with Crippen LogP contribution in [0.1, 0.15) is 18.7 Å². The van der Waals surface area contributed by atoms with Gasteiger partial charge in [0.25, 0.3) is 0 Å². The third-order valence-electron chi connectivity index (χ3n) is 5.95. The second-order valence-corrected chi connectivity index (χ2v) is 11.8. The molecule has 0 N–H and O–H groups in total. The average molecular weight is 443 g/mol. The first-order valence-corrected chi connectivity index (χ1v) is 12.5. The number of aromatic nitrogens is 3. The summed E-state index contributed by atoms with van der Waals surface area (Å²) in [5, 5.41) is 11.5. The van der Waals surface area contributed by atoms with E-state index in [4.69, 9.17) is 0 Å². The van der Waals surface area contributed by atoms with Gasteiger partial charge in [-0.25, -0.2) is 21.5 Å². The van der Waals surface area contributed by atoms with Crippen molar-refractivity contribution in [2.45, 2.75) is 27.9 Å². The highest BCUT2D eigenvalue weighted by atomic mass is 32.2. The SMILES string of the molecule is CC12C(CS(=O)(=O)c3ccccc3)=Nn3cnnc3C1C2S(=O)(=O)c1ccccc1. The molecule has 1 fully saturated rings. The van der Waals surface area contributed by atoms with Crippen LogP contribution in [0.3, 0.4) is 0 Å².